The second-order valence-electron chi connectivity index (χ2n) is 8.13. The molecule has 3 aromatic rings. The van der Waals surface area contributed by atoms with Crippen molar-refractivity contribution in [1.82, 2.24) is 5.01 Å². The van der Waals surface area contributed by atoms with Gasteiger partial charge in [-0.05, 0) is 47.5 Å². The lowest BCUT2D eigenvalue weighted by molar-refractivity contribution is -0.121. The fourth-order valence-electron chi connectivity index (χ4n) is 3.95. The molecule has 0 fully saturated rings. The average molecular weight is 507 g/mol. The zero-order chi connectivity index (χ0) is 24.4. The number of hydrogen-bond acceptors (Lipinski definition) is 5. The molecule has 5 rings (SSSR count). The maximum Gasteiger partial charge on any atom is 0.262 e. The SMILES string of the molecule is O=C(C[C@H]1SC(N2N=C(c3ccc(F)cc3)C[C@@H]2c2ccc(Cl)cc2)=NC1=O)Nc1ccccc1. The van der Waals surface area contributed by atoms with Gasteiger partial charge in [-0.25, -0.2) is 9.40 Å². The summed E-state index contributed by atoms with van der Waals surface area (Å²) in [7, 11) is 0. The highest BCUT2D eigenvalue weighted by molar-refractivity contribution is 8.15. The number of para-hydroxylation sites is 1. The van der Waals surface area contributed by atoms with Gasteiger partial charge < -0.3 is 5.32 Å². The van der Waals surface area contributed by atoms with E-state index >= 15 is 0 Å². The van der Waals surface area contributed by atoms with Gasteiger partial charge >= 0.3 is 0 Å². The zero-order valence-corrected chi connectivity index (χ0v) is 20.0. The first-order valence-electron chi connectivity index (χ1n) is 11.0. The summed E-state index contributed by atoms with van der Waals surface area (Å²) in [5, 5.41) is 9.70. The van der Waals surface area contributed by atoms with Crippen LogP contribution in [-0.4, -0.2) is 33.0 Å². The van der Waals surface area contributed by atoms with Crippen molar-refractivity contribution in [1.29, 1.82) is 0 Å². The molecule has 35 heavy (non-hydrogen) atoms. The van der Waals surface area contributed by atoms with Crippen LogP contribution < -0.4 is 5.32 Å². The quantitative estimate of drug-likeness (QED) is 0.484. The second kappa shape index (κ2) is 10.0. The molecule has 3 aromatic carbocycles. The first-order chi connectivity index (χ1) is 17.0. The highest BCUT2D eigenvalue weighted by Crippen LogP contribution is 2.39. The van der Waals surface area contributed by atoms with E-state index in [-0.39, 0.29) is 30.1 Å². The van der Waals surface area contributed by atoms with Gasteiger partial charge in [-0.1, -0.05) is 65.8 Å². The summed E-state index contributed by atoms with van der Waals surface area (Å²) < 4.78 is 13.4. The minimum atomic E-state index is -0.635. The Labute approximate surface area is 210 Å². The summed E-state index contributed by atoms with van der Waals surface area (Å²) in [4.78, 5) is 29.4. The van der Waals surface area contributed by atoms with Crippen molar-refractivity contribution in [3.63, 3.8) is 0 Å². The maximum absolute atomic E-state index is 13.4. The van der Waals surface area contributed by atoms with E-state index in [0.29, 0.717) is 22.3 Å². The van der Waals surface area contributed by atoms with Gasteiger partial charge in [-0.15, -0.1) is 0 Å². The van der Waals surface area contributed by atoms with Gasteiger partial charge in [-0.3, -0.25) is 9.59 Å². The third-order valence-corrected chi connectivity index (χ3v) is 7.09. The molecule has 0 aromatic heterocycles. The number of thioether (sulfide) groups is 1. The summed E-state index contributed by atoms with van der Waals surface area (Å²) >= 11 is 7.31. The van der Waals surface area contributed by atoms with Crippen molar-refractivity contribution in [2.24, 2.45) is 10.1 Å². The van der Waals surface area contributed by atoms with Crippen molar-refractivity contribution in [3.05, 3.63) is 101 Å². The first kappa shape index (κ1) is 23.3. The van der Waals surface area contributed by atoms with Crippen LogP contribution in [0.5, 0.6) is 0 Å². The van der Waals surface area contributed by atoms with Crippen LogP contribution in [0, 0.1) is 5.82 Å². The Morgan fingerprint density at radius 3 is 2.49 bits per heavy atom. The Kier molecular flexibility index (Phi) is 6.66. The Balaban J connectivity index is 1.36. The maximum atomic E-state index is 13.4. The van der Waals surface area contributed by atoms with Gasteiger partial charge in [0.05, 0.1) is 11.8 Å². The Morgan fingerprint density at radius 2 is 1.77 bits per heavy atom. The van der Waals surface area contributed by atoms with Crippen LogP contribution in [0.15, 0.2) is 89.0 Å². The van der Waals surface area contributed by atoms with Crippen molar-refractivity contribution in [2.75, 3.05) is 5.32 Å². The number of carbonyl (C=O) groups excluding carboxylic acids is 2. The molecule has 0 radical (unpaired) electrons. The third kappa shape index (κ3) is 5.28. The zero-order valence-electron chi connectivity index (χ0n) is 18.4. The van der Waals surface area contributed by atoms with E-state index in [1.807, 2.05) is 30.3 Å². The minimum Gasteiger partial charge on any atom is -0.326 e. The van der Waals surface area contributed by atoms with Gasteiger partial charge in [-0.2, -0.15) is 10.1 Å². The molecule has 176 valence electrons. The van der Waals surface area contributed by atoms with Crippen molar-refractivity contribution < 1.29 is 14.0 Å². The molecule has 2 aliphatic rings. The number of halogens is 2. The fourth-order valence-corrected chi connectivity index (χ4v) is 5.14. The summed E-state index contributed by atoms with van der Waals surface area (Å²) in [6, 6.07) is 22.5. The number of amides is 2. The first-order valence-corrected chi connectivity index (χ1v) is 12.2. The molecule has 6 nitrogen and oxygen atoms in total. The second-order valence-corrected chi connectivity index (χ2v) is 9.73. The van der Waals surface area contributed by atoms with Crippen LogP contribution in [-0.2, 0) is 9.59 Å². The lowest BCUT2D eigenvalue weighted by atomic mass is 9.99. The minimum absolute atomic E-state index is 0.000616. The van der Waals surface area contributed by atoms with Crippen LogP contribution in [0.25, 0.3) is 0 Å². The average Bonchev–Trinajstić information content (AvgIpc) is 3.45. The molecule has 2 heterocycles. The number of hydrazone groups is 1. The van der Waals surface area contributed by atoms with E-state index in [0.717, 1.165) is 16.8 Å². The third-order valence-electron chi connectivity index (χ3n) is 5.70. The van der Waals surface area contributed by atoms with E-state index in [9.17, 15) is 14.0 Å². The van der Waals surface area contributed by atoms with Crippen molar-refractivity contribution in [2.45, 2.75) is 24.1 Å². The molecule has 0 saturated heterocycles. The molecular formula is C26H20ClFN4O2S. The number of rotatable bonds is 5. The highest BCUT2D eigenvalue weighted by atomic mass is 35.5. The predicted octanol–water partition coefficient (Wildman–Crippen LogP) is 5.66. The van der Waals surface area contributed by atoms with E-state index in [1.54, 1.807) is 41.4 Å². The molecule has 0 bridgehead atoms. The Hall–Kier alpha value is -3.49. The lowest BCUT2D eigenvalue weighted by Gasteiger charge is -2.23. The number of anilines is 1. The van der Waals surface area contributed by atoms with E-state index in [1.165, 1.54) is 23.9 Å². The molecule has 0 spiro atoms. The molecule has 0 saturated carbocycles. The van der Waals surface area contributed by atoms with Crippen molar-refractivity contribution in [3.8, 4) is 0 Å². The van der Waals surface area contributed by atoms with Crippen LogP contribution in [0.4, 0.5) is 10.1 Å². The fraction of sp³-hybridized carbons (Fsp3) is 0.154. The van der Waals surface area contributed by atoms with Crippen LogP contribution in [0.3, 0.4) is 0 Å². The van der Waals surface area contributed by atoms with Gasteiger partial charge in [0.1, 0.15) is 11.1 Å². The summed E-state index contributed by atoms with van der Waals surface area (Å²) in [6.45, 7) is 0. The number of hydrogen-bond donors (Lipinski definition) is 1. The van der Waals surface area contributed by atoms with Crippen LogP contribution >= 0.6 is 23.4 Å². The van der Waals surface area contributed by atoms with E-state index in [2.05, 4.69) is 10.3 Å². The molecule has 9 heteroatoms. The molecule has 1 N–H and O–H groups in total. The topological polar surface area (TPSA) is 74.1 Å². The highest BCUT2D eigenvalue weighted by Gasteiger charge is 2.39. The van der Waals surface area contributed by atoms with Gasteiger partial charge in [0, 0.05) is 23.6 Å². The number of nitrogens with zero attached hydrogens (tertiary/aromatic N) is 3. The summed E-state index contributed by atoms with van der Waals surface area (Å²) in [5.74, 6) is -0.949. The van der Waals surface area contributed by atoms with Gasteiger partial charge in [0.2, 0.25) is 5.91 Å². The van der Waals surface area contributed by atoms with Gasteiger partial charge in [0.25, 0.3) is 5.91 Å². The molecule has 2 amide bonds. The number of aliphatic imine (C=N–C) groups is 1. The summed E-state index contributed by atoms with van der Waals surface area (Å²) in [6.07, 6.45) is 0.541. The molecule has 0 unspecified atom stereocenters. The summed E-state index contributed by atoms with van der Waals surface area (Å²) in [5.41, 5.74) is 3.17. The largest absolute Gasteiger partial charge is 0.326 e. The van der Waals surface area contributed by atoms with Gasteiger partial charge in [0.15, 0.2) is 5.17 Å². The van der Waals surface area contributed by atoms with Crippen LogP contribution in [0.1, 0.15) is 30.0 Å². The Bertz CT molecular complexity index is 1310. The number of amidine groups is 1. The van der Waals surface area contributed by atoms with E-state index in [4.69, 9.17) is 16.7 Å². The molecule has 2 atom stereocenters. The normalized spacial score (nSPS) is 19.5. The van der Waals surface area contributed by atoms with E-state index < -0.39 is 5.25 Å². The van der Waals surface area contributed by atoms with Crippen LogP contribution in [0.2, 0.25) is 5.02 Å². The Morgan fingerprint density at radius 1 is 1.06 bits per heavy atom. The smallest absolute Gasteiger partial charge is 0.262 e. The number of nitrogens with one attached hydrogen (secondary N) is 1. The molecule has 2 aliphatic heterocycles. The lowest BCUT2D eigenvalue weighted by Crippen LogP contribution is -2.25. The number of carbonyl (C=O) groups is 2. The predicted molar refractivity (Wildman–Crippen MR) is 137 cm³/mol. The molecule has 0 aliphatic carbocycles. The van der Waals surface area contributed by atoms with Crippen molar-refractivity contribution >= 4 is 51.7 Å². The molecular weight excluding hydrogens is 487 g/mol. The number of benzene rings is 3. The monoisotopic (exact) mass is 506 g/mol. The standard InChI is InChI=1S/C26H20ClFN4O2S/c27-18-10-6-17(7-11-18)22-14-21(16-8-12-19(28)13-9-16)31-32(22)26-30-25(34)23(35-26)15-24(33)29-20-4-2-1-3-5-20/h1-13,22-23H,14-15H2,(H,29,33)/t22-,23-/m1/s1.